The molecule has 5 rings (SSSR count). The predicted molar refractivity (Wildman–Crippen MR) is 159 cm³/mol. The zero-order chi connectivity index (χ0) is 32.4. The molecule has 0 radical (unpaired) electrons. The van der Waals surface area contributed by atoms with Gasteiger partial charge in [-0.05, 0) is 37.6 Å². The Morgan fingerprint density at radius 3 is 2.51 bits per heavy atom. The number of benzene rings is 2. The van der Waals surface area contributed by atoms with Crippen LogP contribution in [0.4, 0.5) is 0 Å². The van der Waals surface area contributed by atoms with Gasteiger partial charge in [0.1, 0.15) is 5.76 Å². The smallest absolute Gasteiger partial charge is 0.357 e. The van der Waals surface area contributed by atoms with Gasteiger partial charge in [-0.15, -0.1) is 0 Å². The number of esters is 2. The molecule has 240 valence electrons. The molecule has 0 spiro atoms. The van der Waals surface area contributed by atoms with E-state index in [9.17, 15) is 24.3 Å². The fraction of sp³-hybridized carbons (Fsp3) is 0.455. The highest BCUT2D eigenvalue weighted by Crippen LogP contribution is 2.63. The topological polar surface area (TPSA) is 170 Å². The highest BCUT2D eigenvalue weighted by Gasteiger charge is 2.69. The van der Waals surface area contributed by atoms with E-state index in [0.717, 1.165) is 11.1 Å². The number of aliphatic hydroxyl groups is 1. The second-order valence-corrected chi connectivity index (χ2v) is 11.4. The first-order valence-electron chi connectivity index (χ1n) is 15.0. The number of aliphatic carboxylic acids is 1. The number of carboxylic acid groups (broad SMARTS) is 1. The summed E-state index contributed by atoms with van der Waals surface area (Å²) in [5.74, 6) is -2.01. The fourth-order valence-corrected chi connectivity index (χ4v) is 6.98. The summed E-state index contributed by atoms with van der Waals surface area (Å²) in [5.41, 5.74) is 0.0218. The molecular weight excluding hydrogens is 584 g/mol. The molecule has 1 heterocycles. The van der Waals surface area contributed by atoms with Crippen LogP contribution in [0.5, 0.6) is 11.5 Å². The average molecular weight is 623 g/mol. The van der Waals surface area contributed by atoms with E-state index in [1.54, 1.807) is 43.5 Å². The van der Waals surface area contributed by atoms with Gasteiger partial charge < -0.3 is 39.8 Å². The largest absolute Gasteiger partial charge is 0.493 e. The number of carboxylic acids is 1. The number of likely N-dealkylation sites (N-methyl/N-ethyl adjacent to an activating group) is 1. The molecule has 0 bridgehead atoms. The lowest BCUT2D eigenvalue weighted by Gasteiger charge is -2.56. The van der Waals surface area contributed by atoms with E-state index >= 15 is 0 Å². The average Bonchev–Trinajstić information content (AvgIpc) is 3.41. The summed E-state index contributed by atoms with van der Waals surface area (Å²) < 4.78 is 23.7. The van der Waals surface area contributed by atoms with Crippen LogP contribution in [-0.2, 0) is 40.5 Å². The van der Waals surface area contributed by atoms with Gasteiger partial charge in [0.25, 0.3) is 0 Å². The molecule has 12 nitrogen and oxygen atoms in total. The molecule has 0 aromatic heterocycles. The van der Waals surface area contributed by atoms with Crippen molar-refractivity contribution in [3.8, 4) is 11.5 Å². The number of hydrogen-bond donors (Lipinski definition) is 4. The quantitative estimate of drug-likeness (QED) is 0.242. The van der Waals surface area contributed by atoms with Gasteiger partial charge in [0, 0.05) is 36.6 Å². The van der Waals surface area contributed by atoms with Crippen LogP contribution >= 0.6 is 0 Å². The van der Waals surface area contributed by atoms with E-state index < -0.39 is 47.0 Å². The van der Waals surface area contributed by atoms with Gasteiger partial charge >= 0.3 is 17.9 Å². The van der Waals surface area contributed by atoms with Crippen molar-refractivity contribution in [3.05, 3.63) is 71.0 Å². The maximum Gasteiger partial charge on any atom is 0.357 e. The summed E-state index contributed by atoms with van der Waals surface area (Å²) in [6, 6.07) is 11.9. The first kappa shape index (κ1) is 32.0. The summed E-state index contributed by atoms with van der Waals surface area (Å²) >= 11 is 0. The van der Waals surface area contributed by atoms with Gasteiger partial charge in [-0.1, -0.05) is 43.3 Å². The number of hydrogen-bond acceptors (Lipinski definition) is 10. The van der Waals surface area contributed by atoms with Crippen molar-refractivity contribution in [1.29, 1.82) is 0 Å². The Morgan fingerprint density at radius 1 is 1.09 bits per heavy atom. The van der Waals surface area contributed by atoms with E-state index in [1.165, 1.54) is 0 Å². The summed E-state index contributed by atoms with van der Waals surface area (Å²) in [4.78, 5) is 49.1. The number of ether oxygens (including phenoxy) is 4. The van der Waals surface area contributed by atoms with Crippen LogP contribution in [0.25, 0.3) is 0 Å². The van der Waals surface area contributed by atoms with Gasteiger partial charge in [0.15, 0.2) is 17.6 Å². The second-order valence-electron chi connectivity index (χ2n) is 11.4. The van der Waals surface area contributed by atoms with Crippen molar-refractivity contribution in [3.63, 3.8) is 0 Å². The van der Waals surface area contributed by atoms with Crippen LogP contribution in [0.2, 0.25) is 0 Å². The molecule has 0 unspecified atom stereocenters. The van der Waals surface area contributed by atoms with Gasteiger partial charge in [0.05, 0.1) is 31.0 Å². The second kappa shape index (κ2) is 12.9. The summed E-state index contributed by atoms with van der Waals surface area (Å²) in [6.07, 6.45) is -0.185. The molecule has 0 saturated heterocycles. The molecule has 0 fully saturated rings. The standard InChI is InChI=1S/C33H38N2O10/c1-4-32-27-20-10-11-21(42-3)29(27)45-30(32)22(14-16-33(32,41)23(18-20)34-2)43-31(40)28(19-8-6-5-7-9-19)44-26(39)15-17-35-24(36)12-13-25(37)38/h5-11,14,23,28,30,34,41H,4,12-13,15-18H2,1-3H3,(H,35,36)(H,37,38)/t23-,28-,30+,32+,33-/m1/s1. The third-order valence-electron chi connectivity index (χ3n) is 9.11. The molecule has 1 aliphatic heterocycles. The minimum atomic E-state index is -1.43. The summed E-state index contributed by atoms with van der Waals surface area (Å²) in [6.45, 7) is 1.87. The number of amides is 1. The molecular formula is C33H38N2O10. The van der Waals surface area contributed by atoms with Gasteiger partial charge in [0.2, 0.25) is 12.0 Å². The minimum absolute atomic E-state index is 0.0957. The maximum absolute atomic E-state index is 13.8. The fourth-order valence-electron chi connectivity index (χ4n) is 6.98. The molecule has 3 aliphatic rings. The van der Waals surface area contributed by atoms with Crippen LogP contribution in [0.1, 0.15) is 61.8 Å². The van der Waals surface area contributed by atoms with E-state index in [4.69, 9.17) is 24.1 Å². The van der Waals surface area contributed by atoms with Crippen LogP contribution < -0.4 is 20.1 Å². The van der Waals surface area contributed by atoms with Gasteiger partial charge in [-0.3, -0.25) is 14.4 Å². The van der Waals surface area contributed by atoms with Crippen molar-refractivity contribution in [2.45, 2.75) is 74.7 Å². The predicted octanol–water partition coefficient (Wildman–Crippen LogP) is 2.47. The Labute approximate surface area is 260 Å². The summed E-state index contributed by atoms with van der Waals surface area (Å²) in [5, 5.41) is 26.9. The zero-order valence-electron chi connectivity index (χ0n) is 25.5. The lowest BCUT2D eigenvalue weighted by Crippen LogP contribution is -2.70. The molecule has 4 N–H and O–H groups in total. The Morgan fingerprint density at radius 2 is 1.84 bits per heavy atom. The van der Waals surface area contributed by atoms with E-state index in [0.29, 0.717) is 29.9 Å². The zero-order valence-corrected chi connectivity index (χ0v) is 25.5. The first-order chi connectivity index (χ1) is 21.6. The number of carbonyl (C=O) groups is 4. The van der Waals surface area contributed by atoms with Crippen molar-refractivity contribution >= 4 is 23.8 Å². The van der Waals surface area contributed by atoms with Crippen molar-refractivity contribution in [2.75, 3.05) is 20.7 Å². The van der Waals surface area contributed by atoms with Crippen LogP contribution in [-0.4, -0.2) is 72.5 Å². The first-order valence-corrected chi connectivity index (χ1v) is 15.0. The Kier molecular flexibility index (Phi) is 9.17. The molecule has 5 atom stereocenters. The third kappa shape index (κ3) is 5.64. The lowest BCUT2D eigenvalue weighted by molar-refractivity contribution is -0.169. The monoisotopic (exact) mass is 622 g/mol. The third-order valence-corrected chi connectivity index (χ3v) is 9.11. The summed E-state index contributed by atoms with van der Waals surface area (Å²) in [7, 11) is 3.36. The van der Waals surface area contributed by atoms with Crippen LogP contribution in [0, 0.1) is 0 Å². The number of carbonyl (C=O) groups excluding carboxylic acids is 3. The van der Waals surface area contributed by atoms with E-state index in [-0.39, 0.29) is 44.0 Å². The Hall–Kier alpha value is -4.42. The molecule has 45 heavy (non-hydrogen) atoms. The lowest BCUT2D eigenvalue weighted by atomic mass is 9.52. The molecule has 1 amide bonds. The van der Waals surface area contributed by atoms with Gasteiger partial charge in [-0.2, -0.15) is 0 Å². The Bertz CT molecular complexity index is 1510. The minimum Gasteiger partial charge on any atom is -0.493 e. The van der Waals surface area contributed by atoms with Gasteiger partial charge in [-0.25, -0.2) is 4.79 Å². The van der Waals surface area contributed by atoms with E-state index in [1.807, 2.05) is 26.1 Å². The molecule has 12 heteroatoms. The van der Waals surface area contributed by atoms with Crippen LogP contribution in [0.15, 0.2) is 54.3 Å². The highest BCUT2D eigenvalue weighted by molar-refractivity contribution is 5.83. The normalized spacial score (nSPS) is 24.8. The van der Waals surface area contributed by atoms with Crippen LogP contribution in [0.3, 0.4) is 0 Å². The number of rotatable bonds is 13. The SMILES string of the molecule is CC[C@]12c3c4ccc(OC)c3O[C@H]1C(OC(=O)[C@H](OC(=O)CCNC(=O)CCC(=O)O)c1ccccc1)=CC[C@@]2(O)[C@H](NC)C4. The highest BCUT2D eigenvalue weighted by atomic mass is 16.6. The molecule has 2 aliphatic carbocycles. The molecule has 2 aromatic rings. The maximum atomic E-state index is 13.8. The van der Waals surface area contributed by atoms with Crippen molar-refractivity contribution in [2.24, 2.45) is 0 Å². The van der Waals surface area contributed by atoms with E-state index in [2.05, 4.69) is 10.6 Å². The van der Waals surface area contributed by atoms with Crippen molar-refractivity contribution in [1.82, 2.24) is 10.6 Å². The number of nitrogens with one attached hydrogen (secondary N) is 2. The molecule has 0 saturated carbocycles. The Balaban J connectivity index is 1.39. The number of methoxy groups -OCH3 is 1. The molecule has 2 aromatic carbocycles. The van der Waals surface area contributed by atoms with Crippen molar-refractivity contribution < 1.29 is 48.3 Å².